The number of fused-ring (bicyclic) bond motifs is 3. The van der Waals surface area contributed by atoms with Crippen molar-refractivity contribution < 1.29 is 63.8 Å². The van der Waals surface area contributed by atoms with E-state index in [4.69, 9.17) is 11.4 Å². The van der Waals surface area contributed by atoms with E-state index in [1.807, 2.05) is 102 Å². The fourth-order valence-electron chi connectivity index (χ4n) is 7.18. The maximum absolute atomic E-state index is 12.1. The van der Waals surface area contributed by atoms with E-state index in [9.17, 15) is 28.8 Å². The summed E-state index contributed by atoms with van der Waals surface area (Å²) in [5.74, 6) is -1.29. The summed E-state index contributed by atoms with van der Waals surface area (Å²) in [5, 5.41) is 2.29. The molecule has 2 radical (unpaired) electrons. The number of esters is 2. The number of rotatable bonds is 3. The van der Waals surface area contributed by atoms with Crippen LogP contribution in [0.25, 0.3) is 0 Å². The summed E-state index contributed by atoms with van der Waals surface area (Å²) < 4.78 is 4.38. The average Bonchev–Trinajstić information content (AvgIpc) is 3.91. The van der Waals surface area contributed by atoms with Crippen molar-refractivity contribution in [2.24, 2.45) is 57.5 Å². The Hall–Kier alpha value is 0.995. The fraction of sp³-hybridized carbons (Fsp3) is 0.486. The molecular formula is C35H41BI7N3O7-2. The Morgan fingerprint density at radius 1 is 0.660 bits per heavy atom. The summed E-state index contributed by atoms with van der Waals surface area (Å²) in [7, 11) is 0. The van der Waals surface area contributed by atoms with Crippen LogP contribution in [0.2, 0.25) is 0 Å². The average molecular weight is 1510 g/mol. The second kappa shape index (κ2) is 22.4. The van der Waals surface area contributed by atoms with Gasteiger partial charge < -0.3 is 10.5 Å². The Kier molecular flexibility index (Phi) is 21.2. The Morgan fingerprint density at radius 3 is 1.25 bits per heavy atom. The summed E-state index contributed by atoms with van der Waals surface area (Å²) in [5.41, 5.74) is 12.2. The summed E-state index contributed by atoms with van der Waals surface area (Å²) in [6.07, 6.45) is 0. The molecule has 292 valence electrons. The van der Waals surface area contributed by atoms with E-state index in [1.54, 1.807) is 0 Å². The van der Waals surface area contributed by atoms with E-state index in [-0.39, 0.29) is 104 Å². The van der Waals surface area contributed by atoms with Crippen molar-refractivity contribution in [2.75, 3.05) is 0 Å². The number of carbonyl (C=O) groups excluding carboxylic acids is 6. The van der Waals surface area contributed by atoms with Crippen molar-refractivity contribution in [1.82, 2.24) is 10.2 Å². The summed E-state index contributed by atoms with van der Waals surface area (Å²) in [6.45, 7) is 12.8. The number of halogens is 7. The summed E-state index contributed by atoms with van der Waals surface area (Å²) >= 11 is 11.8. The van der Waals surface area contributed by atoms with Crippen LogP contribution < -0.4 is 41.3 Å². The number of amides is 4. The minimum atomic E-state index is -0.333. The van der Waals surface area contributed by atoms with Crippen LogP contribution in [0.3, 0.4) is 0 Å². The number of nitrogens with zero attached hydrogens (tertiary/aromatic N) is 1. The number of benzene rings is 2. The monoisotopic (exact) mass is 1510 g/mol. The minimum absolute atomic E-state index is 0.00820. The number of cyclic esters (lactones) is 2. The molecule has 3 heterocycles. The van der Waals surface area contributed by atoms with Gasteiger partial charge in [-0.05, 0) is 27.4 Å². The van der Waals surface area contributed by atoms with Crippen LogP contribution in [0, 0.1) is 51.8 Å². The molecule has 2 aromatic rings. The molecule has 2 aromatic carbocycles. The first kappa shape index (κ1) is 50.1. The van der Waals surface area contributed by atoms with Crippen molar-refractivity contribution in [2.45, 2.75) is 54.6 Å². The topological polar surface area (TPSA) is 153 Å². The van der Waals surface area contributed by atoms with E-state index in [0.29, 0.717) is 26.3 Å². The van der Waals surface area contributed by atoms with Crippen molar-refractivity contribution >= 4 is 134 Å². The van der Waals surface area contributed by atoms with E-state index in [1.165, 1.54) is 10.5 Å². The summed E-state index contributed by atoms with van der Waals surface area (Å²) in [6, 6.07) is 19.6. The van der Waals surface area contributed by atoms with Crippen LogP contribution in [0.15, 0.2) is 60.7 Å². The molecule has 6 atom stereocenters. The molecule has 18 heteroatoms. The number of ether oxygens (including phenoxy) is 1. The molecule has 3 saturated heterocycles. The zero-order chi connectivity index (χ0) is 40.5. The van der Waals surface area contributed by atoms with E-state index in [2.05, 4.69) is 103 Å². The number of imide groups is 2. The number of likely N-dealkylation sites (tertiary alicyclic amines) is 1. The van der Waals surface area contributed by atoms with Crippen molar-refractivity contribution in [1.29, 1.82) is 0 Å². The number of piperidine rings is 2. The molecule has 8 rings (SSSR count). The third-order valence-corrected chi connectivity index (χ3v) is 10.3. The number of hydrogen-bond donors (Lipinski definition) is 2. The van der Waals surface area contributed by atoms with Gasteiger partial charge in [0.05, 0.1) is 42.1 Å². The van der Waals surface area contributed by atoms with Gasteiger partial charge in [-0.2, -0.15) is 0 Å². The van der Waals surface area contributed by atoms with Crippen LogP contribution in [-0.4, -0.2) is 46.2 Å². The molecule has 3 aliphatic heterocycles. The Labute approximate surface area is 386 Å². The number of nitrogens with two attached hydrogens (primary N) is 1. The predicted octanol–water partition coefficient (Wildman–Crippen LogP) is 1.29. The zero-order valence-electron chi connectivity index (χ0n) is 29.8. The standard InChI is InChI=1S/C14H15NO2.C7H9NO2.C7H9N.C7H8O3.BI2.I3.I2/c1-14(2)10-11(14)13(17)15(12(10)16)8-9-6-4-3-5-7-9;1-7(2)3-4(7)6(10)8-5(3)9;8-6-7-4-2-1-3-5-7;1-7(2)3-4(7)6(9)10-5(3)8;2*1-3-2;1-2/h3-7,10-11H,8H2,1-2H3;3-4H,1-2H3,(H,8,9,10);1-5H,6,8H2;3-4H,1-2H3;;;/q;;;;2*-1;/t10-,11+;3-,4+;;3-,4+;;;. The van der Waals surface area contributed by atoms with Crippen molar-refractivity contribution in [3.63, 3.8) is 0 Å². The maximum atomic E-state index is 12.1. The van der Waals surface area contributed by atoms with Gasteiger partial charge in [0, 0.05) is 43.8 Å². The Bertz CT molecular complexity index is 1500. The van der Waals surface area contributed by atoms with E-state index in [0.717, 1.165) is 5.56 Å². The van der Waals surface area contributed by atoms with Gasteiger partial charge in [-0.3, -0.25) is 39.0 Å². The SMILES string of the molecule is CC1(C)[C@@H]2C(=O)N(Cc3ccccc3)C(=O)[C@@H]21.CC1(C)[C@@H]2C(=O)NC(=O)[C@@H]21.CC1(C)[C@@H]2C(=O)OC(=O)[C@@H]21.II.I[I-]I.NCc1ccccc1.[B][I-]I. The van der Waals surface area contributed by atoms with Crippen LogP contribution in [0.5, 0.6) is 0 Å². The molecule has 10 nitrogen and oxygen atoms in total. The molecule has 0 spiro atoms. The first-order chi connectivity index (χ1) is 24.9. The molecule has 4 amide bonds. The second-order valence-corrected chi connectivity index (χ2v) is 34.4. The van der Waals surface area contributed by atoms with Gasteiger partial charge in [0.25, 0.3) is 0 Å². The van der Waals surface area contributed by atoms with Gasteiger partial charge in [0.1, 0.15) is 0 Å². The predicted molar refractivity (Wildman–Crippen MR) is 239 cm³/mol. The Morgan fingerprint density at radius 2 is 0.981 bits per heavy atom. The van der Waals surface area contributed by atoms with Gasteiger partial charge in [-0.15, -0.1) is 0 Å². The molecular weight excluding hydrogens is 1470 g/mol. The Balaban J connectivity index is 0.000000237. The normalized spacial score (nSPS) is 27.2. The fourth-order valence-corrected chi connectivity index (χ4v) is 7.18. The third kappa shape index (κ3) is 12.5. The van der Waals surface area contributed by atoms with Gasteiger partial charge >= 0.3 is 104 Å². The number of nitrogens with one attached hydrogen (secondary N) is 1. The van der Waals surface area contributed by atoms with Gasteiger partial charge in [0.15, 0.2) is 0 Å². The third-order valence-electron chi connectivity index (χ3n) is 10.3. The van der Waals surface area contributed by atoms with E-state index >= 15 is 0 Å². The summed E-state index contributed by atoms with van der Waals surface area (Å²) in [4.78, 5) is 69.0. The molecule has 0 unspecified atom stereocenters. The molecule has 3 N–H and O–H groups in total. The zero-order valence-corrected chi connectivity index (χ0v) is 44.9. The first-order valence-corrected chi connectivity index (χ1v) is 42.5. The molecule has 53 heavy (non-hydrogen) atoms. The van der Waals surface area contributed by atoms with Crippen LogP contribution >= 0.6 is 93.1 Å². The molecule has 0 bridgehead atoms. The van der Waals surface area contributed by atoms with Crippen LogP contribution in [-0.2, 0) is 46.6 Å². The van der Waals surface area contributed by atoms with Crippen molar-refractivity contribution in [3.8, 4) is 0 Å². The molecule has 3 saturated carbocycles. The molecule has 6 fully saturated rings. The first-order valence-electron chi connectivity index (χ1n) is 16.1. The number of carbonyl (C=O) groups is 6. The van der Waals surface area contributed by atoms with Gasteiger partial charge in [-0.25, -0.2) is 0 Å². The van der Waals surface area contributed by atoms with Crippen molar-refractivity contribution in [3.05, 3.63) is 71.8 Å². The van der Waals surface area contributed by atoms with Gasteiger partial charge in [0.2, 0.25) is 23.6 Å². The van der Waals surface area contributed by atoms with Gasteiger partial charge in [-0.1, -0.05) is 102 Å². The van der Waals surface area contributed by atoms with E-state index < -0.39 is 0 Å². The molecule has 0 aromatic heterocycles. The second-order valence-electron chi connectivity index (χ2n) is 14.5. The number of hydrogen-bond acceptors (Lipinski definition) is 8. The molecule has 6 aliphatic rings. The van der Waals surface area contributed by atoms with Crippen LogP contribution in [0.4, 0.5) is 0 Å². The quantitative estimate of drug-likeness (QED) is 0.154. The molecule has 3 aliphatic carbocycles. The van der Waals surface area contributed by atoms with Crippen LogP contribution in [0.1, 0.15) is 52.7 Å².